The summed E-state index contributed by atoms with van der Waals surface area (Å²) < 4.78 is 117. The van der Waals surface area contributed by atoms with E-state index in [2.05, 4.69) is 53.8 Å². The van der Waals surface area contributed by atoms with Crippen LogP contribution in [-0.2, 0) is 43.3 Å². The summed E-state index contributed by atoms with van der Waals surface area (Å²) in [7, 11) is -13.4. The van der Waals surface area contributed by atoms with E-state index in [0.29, 0.717) is 6.61 Å². The number of hydrogen-bond donors (Lipinski definition) is 1. The fraction of sp³-hybridized carbons (Fsp3) is 0.500. The summed E-state index contributed by atoms with van der Waals surface area (Å²) in [5.74, 6) is 0. The van der Waals surface area contributed by atoms with Gasteiger partial charge < -0.3 is 14.2 Å². The summed E-state index contributed by atoms with van der Waals surface area (Å²) >= 11 is 0. The van der Waals surface area contributed by atoms with Crippen molar-refractivity contribution in [3.8, 4) is 0 Å². The number of halogens is 6. The molecule has 17 heteroatoms. The Morgan fingerprint density at radius 1 is 0.911 bits per heavy atom. The van der Waals surface area contributed by atoms with Crippen LogP contribution >= 0.6 is 0 Å². The summed E-state index contributed by atoms with van der Waals surface area (Å²) in [6.45, 7) is 13.6. The average molecular weight is 690 g/mol. The van der Waals surface area contributed by atoms with E-state index in [-0.39, 0.29) is 6.09 Å². The number of nitrogens with zero attached hydrogens (tertiary/aromatic N) is 2. The lowest BCUT2D eigenvalue weighted by Crippen LogP contribution is -2.41. The summed E-state index contributed by atoms with van der Waals surface area (Å²) in [5, 5.41) is 2.98. The second kappa shape index (κ2) is 16.4. The fourth-order valence-electron chi connectivity index (χ4n) is 3.70. The van der Waals surface area contributed by atoms with Crippen LogP contribution in [0.25, 0.3) is 9.70 Å². The largest absolute Gasteiger partial charge is 0.480 e. The Hall–Kier alpha value is -3.18. The van der Waals surface area contributed by atoms with Gasteiger partial charge in [0.25, 0.3) is 0 Å². The van der Waals surface area contributed by atoms with E-state index in [9.17, 15) is 48.0 Å². The number of hydrogen-bond acceptors (Lipinski definition) is 6. The van der Waals surface area contributed by atoms with Crippen LogP contribution in [0.1, 0.15) is 70.2 Å². The molecule has 2 rings (SSSR count). The highest BCUT2D eigenvalue weighted by Crippen LogP contribution is 2.36. The summed E-state index contributed by atoms with van der Waals surface area (Å²) in [6.07, 6.45) is 7.06. The molecular weight excluding hydrogens is 652 g/mol. The van der Waals surface area contributed by atoms with Crippen LogP contribution in [0.4, 0.5) is 31.1 Å². The Morgan fingerprint density at radius 2 is 1.49 bits per heavy atom. The molecule has 0 aliphatic rings. The minimum absolute atomic E-state index is 0.367. The zero-order chi connectivity index (χ0) is 34.7. The van der Waals surface area contributed by atoms with Crippen molar-refractivity contribution < 1.29 is 57.3 Å². The van der Waals surface area contributed by atoms with Gasteiger partial charge in [-0.3, -0.25) is 0 Å². The van der Waals surface area contributed by atoms with Crippen molar-refractivity contribution in [2.24, 2.45) is 0 Å². The molecule has 45 heavy (non-hydrogen) atoms. The molecule has 0 aliphatic heterocycles. The number of carbonyl (C=O) groups excluding carboxylic acids is 1. The number of sulfonamides is 2. The number of carbonyl (C=O) groups is 1. The zero-order valence-electron chi connectivity index (χ0n) is 25.2. The maximum atomic E-state index is 12.2. The number of ether oxygens (including phenoxy) is 1. The molecule has 0 aliphatic carbocycles. The number of alkyl halides is 6. The van der Waals surface area contributed by atoms with Gasteiger partial charge in [-0.15, -0.1) is 0 Å². The lowest BCUT2D eigenvalue weighted by atomic mass is 9.92. The quantitative estimate of drug-likeness (QED) is 0.139. The third-order valence-electron chi connectivity index (χ3n) is 6.20. The number of benzene rings is 1. The van der Waals surface area contributed by atoms with E-state index in [4.69, 9.17) is 4.74 Å². The molecule has 2 aromatic rings. The number of aryl methyl sites for hydroxylation is 2. The number of alkyl carbamates (subject to hydrolysis) is 1. The highest BCUT2D eigenvalue weighted by Gasteiger charge is 2.47. The Morgan fingerprint density at radius 3 is 2.02 bits per heavy atom. The topological polar surface area (TPSA) is 125 Å². The van der Waals surface area contributed by atoms with Crippen LogP contribution in [0, 0.1) is 0 Å². The molecule has 0 fully saturated rings. The normalized spacial score (nSPS) is 12.6. The molecule has 0 spiro atoms. The minimum Gasteiger partial charge on any atom is -0.450 e. The molecule has 0 bridgehead atoms. The van der Waals surface area contributed by atoms with Gasteiger partial charge in [-0.2, -0.15) is 26.3 Å². The van der Waals surface area contributed by atoms with E-state index >= 15 is 0 Å². The van der Waals surface area contributed by atoms with Crippen LogP contribution in [-0.4, -0.2) is 40.6 Å². The number of aromatic nitrogens is 1. The van der Waals surface area contributed by atoms with Gasteiger partial charge in [0.2, 0.25) is 0 Å². The lowest BCUT2D eigenvalue weighted by Gasteiger charge is -2.27. The molecule has 1 amide bonds. The van der Waals surface area contributed by atoms with Crippen LogP contribution < -0.4 is 9.88 Å². The van der Waals surface area contributed by atoms with Crippen molar-refractivity contribution >= 4 is 31.7 Å². The van der Waals surface area contributed by atoms with Crippen LogP contribution in [0.15, 0.2) is 55.2 Å². The fourth-order valence-corrected chi connectivity index (χ4v) is 5.41. The molecule has 1 N–H and O–H groups in total. The van der Waals surface area contributed by atoms with Crippen molar-refractivity contribution in [2.45, 2.75) is 82.9 Å². The zero-order valence-corrected chi connectivity index (χ0v) is 26.8. The summed E-state index contributed by atoms with van der Waals surface area (Å²) in [5.41, 5.74) is -8.43. The highest BCUT2D eigenvalue weighted by molar-refractivity contribution is 8.13. The van der Waals surface area contributed by atoms with Gasteiger partial charge in [0.15, 0.2) is 31.9 Å². The van der Waals surface area contributed by atoms with Gasteiger partial charge in [0.05, 0.1) is 12.1 Å². The van der Waals surface area contributed by atoms with Gasteiger partial charge in [0.1, 0.15) is 6.54 Å². The first-order chi connectivity index (χ1) is 20.5. The number of allylic oxidation sites excluding steroid dienone is 1. The van der Waals surface area contributed by atoms with Gasteiger partial charge in [-0.1, -0.05) is 43.3 Å². The number of pyridine rings is 1. The SMILES string of the molecule is C=C(C)c1cccc(C(C)(C)NC(=O)OCCCCCC[n+]2ccccc2CC)c1.O=S(=O)([N-]S(=O)(=O)C(F)(F)F)C(F)(F)F. The molecule has 0 saturated carbocycles. The second-order valence-corrected chi connectivity index (χ2v) is 13.7. The lowest BCUT2D eigenvalue weighted by molar-refractivity contribution is -0.704. The molecule has 0 atom stereocenters. The third-order valence-corrected chi connectivity index (χ3v) is 8.94. The number of amides is 1. The molecule has 1 heterocycles. The molecule has 0 radical (unpaired) electrons. The van der Waals surface area contributed by atoms with Crippen LogP contribution in [0.3, 0.4) is 0 Å². The number of unbranched alkanes of at least 4 members (excludes halogenated alkanes) is 3. The molecular formula is C28H37F6N3O6S2. The van der Waals surface area contributed by atoms with Crippen molar-refractivity contribution in [1.29, 1.82) is 0 Å². The maximum absolute atomic E-state index is 12.2. The molecule has 0 unspecified atom stereocenters. The van der Waals surface area contributed by atoms with Crippen molar-refractivity contribution in [1.82, 2.24) is 5.32 Å². The van der Waals surface area contributed by atoms with E-state index in [1.807, 2.05) is 39.0 Å². The Balaban J connectivity index is 0.000000570. The highest BCUT2D eigenvalue weighted by atomic mass is 32.3. The van der Waals surface area contributed by atoms with E-state index in [0.717, 1.165) is 59.5 Å². The molecule has 9 nitrogen and oxygen atoms in total. The van der Waals surface area contributed by atoms with Gasteiger partial charge >= 0.3 is 17.1 Å². The summed E-state index contributed by atoms with van der Waals surface area (Å²) in [4.78, 5) is 12.2. The van der Waals surface area contributed by atoms with E-state index < -0.39 is 36.6 Å². The number of nitrogens with one attached hydrogen (secondary N) is 1. The van der Waals surface area contributed by atoms with Gasteiger partial charge in [-0.25, -0.2) is 26.2 Å². The van der Waals surface area contributed by atoms with Crippen molar-refractivity contribution in [2.75, 3.05) is 6.61 Å². The number of rotatable bonds is 13. The molecule has 1 aromatic carbocycles. The smallest absolute Gasteiger partial charge is 0.450 e. The van der Waals surface area contributed by atoms with Gasteiger partial charge in [-0.05, 0) is 57.2 Å². The van der Waals surface area contributed by atoms with E-state index in [1.165, 1.54) is 5.69 Å². The molecule has 0 saturated heterocycles. The van der Waals surface area contributed by atoms with Crippen molar-refractivity contribution in [3.63, 3.8) is 0 Å². The van der Waals surface area contributed by atoms with E-state index in [1.54, 1.807) is 0 Å². The van der Waals surface area contributed by atoms with Crippen LogP contribution in [0.2, 0.25) is 0 Å². The summed E-state index contributed by atoms with van der Waals surface area (Å²) in [6, 6.07) is 14.5. The minimum atomic E-state index is -6.72. The van der Waals surface area contributed by atoms with Gasteiger partial charge in [0, 0.05) is 25.0 Å². The Kier molecular flexibility index (Phi) is 14.5. The Bertz CT molecular complexity index is 1470. The average Bonchev–Trinajstić information content (AvgIpc) is 2.91. The molecule has 254 valence electrons. The molecule has 1 aromatic heterocycles. The van der Waals surface area contributed by atoms with Crippen molar-refractivity contribution in [3.05, 3.63) is 76.2 Å². The third kappa shape index (κ3) is 13.0. The first-order valence-corrected chi connectivity index (χ1v) is 16.5. The maximum Gasteiger partial charge on any atom is 0.480 e. The predicted octanol–water partition coefficient (Wildman–Crippen LogP) is 6.85. The monoisotopic (exact) mass is 689 g/mol. The first kappa shape index (κ1) is 39.8. The first-order valence-electron chi connectivity index (χ1n) is 13.6. The second-order valence-electron chi connectivity index (χ2n) is 10.3. The Labute approximate surface area is 259 Å². The predicted molar refractivity (Wildman–Crippen MR) is 156 cm³/mol. The van der Waals surface area contributed by atoms with Crippen LogP contribution in [0.5, 0.6) is 0 Å². The standard InChI is InChI=1S/C26H36N2O2.C2F6NO4S2/c1-6-24-16-9-11-18-28(24)17-10-7-8-12-19-30-25(29)27-26(4,5)23-15-13-14-22(20-23)21(2)3;3-1(4,5)14(10,11)9-15(12,13)2(6,7)8/h9,11,13-16,18,20H,2,6-8,10,12,17,19H2,1,3-5H3;/q;-1/p+1.